The number of carbonyl (C=O) groups is 2. The second-order valence-electron chi connectivity index (χ2n) is 7.34. The van der Waals surface area contributed by atoms with Gasteiger partial charge >= 0.3 is 11.9 Å². The Bertz CT molecular complexity index is 1330. The van der Waals surface area contributed by atoms with Crippen LogP contribution < -0.4 is 20.1 Å². The standard InChI is InChI=1S/C24H20N2O7/c1-11-9-15(27)18(19(26-25)13-7-5-4-6-8-13)22-17(11)24(30)33-20-12(2)16(31-3)10-14(23(28)29)21(20)32-22/h4-10,27H,25H2,1-3H3,(H,28,29). The number of aromatic carboxylic acids is 1. The van der Waals surface area contributed by atoms with Gasteiger partial charge in [-0.1, -0.05) is 30.3 Å². The number of hydrogen-bond donors (Lipinski definition) is 3. The van der Waals surface area contributed by atoms with Crippen LogP contribution in [0, 0.1) is 13.8 Å². The zero-order valence-electron chi connectivity index (χ0n) is 18.0. The van der Waals surface area contributed by atoms with Gasteiger partial charge in [0.25, 0.3) is 0 Å². The van der Waals surface area contributed by atoms with Gasteiger partial charge in [-0.2, -0.15) is 5.10 Å². The first kappa shape index (κ1) is 21.7. The summed E-state index contributed by atoms with van der Waals surface area (Å²) in [6.45, 7) is 3.20. The fourth-order valence-electron chi connectivity index (χ4n) is 3.78. The number of rotatable bonds is 4. The number of aromatic hydroxyl groups is 1. The van der Waals surface area contributed by atoms with Gasteiger partial charge in [-0.15, -0.1) is 0 Å². The highest BCUT2D eigenvalue weighted by Gasteiger charge is 2.35. The Kier molecular flexibility index (Phi) is 5.39. The summed E-state index contributed by atoms with van der Waals surface area (Å²) >= 11 is 0. The van der Waals surface area contributed by atoms with Crippen LogP contribution in [-0.4, -0.2) is 35.0 Å². The number of carboxylic acids is 1. The van der Waals surface area contributed by atoms with Gasteiger partial charge < -0.3 is 30.3 Å². The summed E-state index contributed by atoms with van der Waals surface area (Å²) in [7, 11) is 1.37. The first-order valence-electron chi connectivity index (χ1n) is 9.83. The van der Waals surface area contributed by atoms with E-state index in [2.05, 4.69) is 5.10 Å². The average molecular weight is 448 g/mol. The molecule has 4 N–H and O–H groups in total. The van der Waals surface area contributed by atoms with E-state index in [9.17, 15) is 19.8 Å². The smallest absolute Gasteiger partial charge is 0.347 e. The molecule has 0 atom stereocenters. The second-order valence-corrected chi connectivity index (χ2v) is 7.34. The summed E-state index contributed by atoms with van der Waals surface area (Å²) in [6.07, 6.45) is 0. The minimum absolute atomic E-state index is 0.00536. The lowest BCUT2D eigenvalue weighted by Gasteiger charge is -2.18. The molecular formula is C24H20N2O7. The normalized spacial score (nSPS) is 12.7. The van der Waals surface area contributed by atoms with Crippen molar-refractivity contribution in [1.29, 1.82) is 0 Å². The van der Waals surface area contributed by atoms with Crippen molar-refractivity contribution in [3.8, 4) is 28.7 Å². The molecule has 1 aliphatic rings. The van der Waals surface area contributed by atoms with Crippen LogP contribution in [-0.2, 0) is 0 Å². The number of ether oxygens (including phenoxy) is 3. The first-order valence-corrected chi connectivity index (χ1v) is 9.83. The zero-order chi connectivity index (χ0) is 23.9. The number of hydrogen-bond acceptors (Lipinski definition) is 8. The van der Waals surface area contributed by atoms with Gasteiger partial charge in [0.1, 0.15) is 28.3 Å². The predicted molar refractivity (Wildman–Crippen MR) is 119 cm³/mol. The third-order valence-corrected chi connectivity index (χ3v) is 5.36. The Morgan fingerprint density at radius 3 is 2.36 bits per heavy atom. The molecule has 0 saturated carbocycles. The van der Waals surface area contributed by atoms with Crippen molar-refractivity contribution < 1.29 is 34.0 Å². The van der Waals surface area contributed by atoms with Crippen molar-refractivity contribution in [3.63, 3.8) is 0 Å². The summed E-state index contributed by atoms with van der Waals surface area (Å²) in [5, 5.41) is 24.5. The number of nitrogens with zero attached hydrogens (tertiary/aromatic N) is 1. The molecule has 168 valence electrons. The third-order valence-electron chi connectivity index (χ3n) is 5.36. The largest absolute Gasteiger partial charge is 0.507 e. The van der Waals surface area contributed by atoms with E-state index in [1.165, 1.54) is 19.2 Å². The van der Waals surface area contributed by atoms with Gasteiger partial charge in [-0.05, 0) is 31.5 Å². The lowest BCUT2D eigenvalue weighted by atomic mass is 9.95. The molecule has 33 heavy (non-hydrogen) atoms. The molecule has 3 aromatic rings. The van der Waals surface area contributed by atoms with E-state index in [0.717, 1.165) is 0 Å². The van der Waals surface area contributed by atoms with Crippen LogP contribution >= 0.6 is 0 Å². The van der Waals surface area contributed by atoms with Gasteiger partial charge in [0, 0.05) is 11.1 Å². The molecule has 0 spiro atoms. The van der Waals surface area contributed by atoms with E-state index < -0.39 is 11.9 Å². The molecule has 0 saturated heterocycles. The Morgan fingerprint density at radius 1 is 1.06 bits per heavy atom. The average Bonchev–Trinajstić information content (AvgIpc) is 2.94. The van der Waals surface area contributed by atoms with E-state index in [0.29, 0.717) is 16.7 Å². The van der Waals surface area contributed by atoms with Crippen molar-refractivity contribution >= 4 is 17.7 Å². The first-order chi connectivity index (χ1) is 15.8. The monoisotopic (exact) mass is 448 g/mol. The Balaban J connectivity index is 2.07. The fraction of sp³-hybridized carbons (Fsp3) is 0.125. The number of carboxylic acid groups (broad SMARTS) is 1. The summed E-state index contributed by atoms with van der Waals surface area (Å²) in [6, 6.07) is 11.4. The SMILES string of the molecule is COc1cc(C(=O)O)c2c(c1C)OC(=O)c1c(C)cc(O)c(C(=NN)c3ccccc3)c1O2. The number of aryl methyl sites for hydroxylation is 1. The number of benzene rings is 3. The molecule has 0 amide bonds. The summed E-state index contributed by atoms with van der Waals surface area (Å²) < 4.78 is 16.9. The minimum atomic E-state index is -1.32. The Labute approximate surface area is 188 Å². The maximum absolute atomic E-state index is 13.2. The third kappa shape index (κ3) is 3.49. The maximum Gasteiger partial charge on any atom is 0.347 e. The van der Waals surface area contributed by atoms with Gasteiger partial charge in [0.2, 0.25) is 0 Å². The van der Waals surface area contributed by atoms with Crippen LogP contribution in [0.5, 0.6) is 28.7 Å². The number of methoxy groups -OCH3 is 1. The predicted octanol–water partition coefficient (Wildman–Crippen LogP) is 3.75. The molecule has 0 unspecified atom stereocenters. The van der Waals surface area contributed by atoms with Crippen molar-refractivity contribution in [2.24, 2.45) is 10.9 Å². The summed E-state index contributed by atoms with van der Waals surface area (Å²) in [5.74, 6) is 3.11. The number of esters is 1. The molecule has 0 aromatic heterocycles. The van der Waals surface area contributed by atoms with E-state index in [-0.39, 0.29) is 51.1 Å². The number of hydrazone groups is 1. The molecule has 0 bridgehead atoms. The highest BCUT2D eigenvalue weighted by Crippen LogP contribution is 2.49. The molecule has 0 aliphatic carbocycles. The molecule has 4 rings (SSSR count). The molecule has 0 radical (unpaired) electrons. The van der Waals surface area contributed by atoms with Gasteiger partial charge in [-0.3, -0.25) is 0 Å². The number of phenols is 1. The van der Waals surface area contributed by atoms with Crippen molar-refractivity contribution in [1.82, 2.24) is 0 Å². The summed E-state index contributed by atoms with van der Waals surface area (Å²) in [4.78, 5) is 25.2. The van der Waals surface area contributed by atoms with E-state index in [4.69, 9.17) is 20.1 Å². The molecule has 9 heteroatoms. The maximum atomic E-state index is 13.2. The Morgan fingerprint density at radius 2 is 1.76 bits per heavy atom. The van der Waals surface area contributed by atoms with Gasteiger partial charge in [0.05, 0.1) is 12.7 Å². The van der Waals surface area contributed by atoms with Crippen LogP contribution in [0.1, 0.15) is 43.0 Å². The number of phenolic OH excluding ortho intramolecular Hbond substituents is 1. The van der Waals surface area contributed by atoms with E-state index >= 15 is 0 Å². The van der Waals surface area contributed by atoms with Crippen molar-refractivity contribution in [2.75, 3.05) is 7.11 Å². The molecule has 0 fully saturated rings. The fourth-order valence-corrected chi connectivity index (χ4v) is 3.78. The summed E-state index contributed by atoms with van der Waals surface area (Å²) in [5.41, 5.74) is 1.17. The van der Waals surface area contributed by atoms with Gasteiger partial charge in [0.15, 0.2) is 17.2 Å². The zero-order valence-corrected chi connectivity index (χ0v) is 18.0. The molecular weight excluding hydrogens is 428 g/mol. The van der Waals surface area contributed by atoms with Crippen LogP contribution in [0.4, 0.5) is 0 Å². The lowest BCUT2D eigenvalue weighted by molar-refractivity contribution is 0.0685. The number of nitrogens with two attached hydrogens (primary N) is 1. The number of carbonyl (C=O) groups excluding carboxylic acids is 1. The molecule has 9 nitrogen and oxygen atoms in total. The van der Waals surface area contributed by atoms with Crippen molar-refractivity contribution in [3.05, 3.63) is 75.8 Å². The van der Waals surface area contributed by atoms with Crippen LogP contribution in [0.15, 0.2) is 47.6 Å². The van der Waals surface area contributed by atoms with Crippen LogP contribution in [0.25, 0.3) is 0 Å². The molecule has 1 aliphatic heterocycles. The quantitative estimate of drug-likeness (QED) is 0.180. The van der Waals surface area contributed by atoms with Crippen molar-refractivity contribution in [2.45, 2.75) is 13.8 Å². The topological polar surface area (TPSA) is 141 Å². The highest BCUT2D eigenvalue weighted by atomic mass is 16.6. The van der Waals surface area contributed by atoms with E-state index in [1.54, 1.807) is 44.2 Å². The number of fused-ring (bicyclic) bond motifs is 2. The molecule has 3 aromatic carbocycles. The van der Waals surface area contributed by atoms with Crippen LogP contribution in [0.3, 0.4) is 0 Å². The lowest BCUT2D eigenvalue weighted by Crippen LogP contribution is -2.14. The van der Waals surface area contributed by atoms with Crippen LogP contribution in [0.2, 0.25) is 0 Å². The second kappa shape index (κ2) is 8.19. The highest BCUT2D eigenvalue weighted by molar-refractivity contribution is 6.18. The minimum Gasteiger partial charge on any atom is -0.507 e. The van der Waals surface area contributed by atoms with Gasteiger partial charge in [-0.25, -0.2) is 9.59 Å². The van der Waals surface area contributed by atoms with E-state index in [1.807, 2.05) is 0 Å². The Hall–Kier alpha value is -4.53. The molecule has 1 heterocycles.